The smallest absolute Gasteiger partial charge is 0.112 e. The maximum Gasteiger partial charge on any atom is 0.112 e. The molecule has 0 fully saturated rings. The lowest BCUT2D eigenvalue weighted by Crippen LogP contribution is -2.26. The first kappa shape index (κ1) is 12.4. The van der Waals surface area contributed by atoms with Crippen molar-refractivity contribution in [3.05, 3.63) is 41.0 Å². The number of hydrogen-bond acceptors (Lipinski definition) is 2. The Kier molecular flexibility index (Phi) is 3.15. The van der Waals surface area contributed by atoms with Crippen LogP contribution in [-0.2, 0) is 6.54 Å². The van der Waals surface area contributed by atoms with Crippen LogP contribution in [0.25, 0.3) is 11.3 Å². The van der Waals surface area contributed by atoms with E-state index >= 15 is 0 Å². The van der Waals surface area contributed by atoms with Crippen LogP contribution in [0.5, 0.6) is 0 Å². The standard InChI is InChI=1S/C15H16ClN3/c1-10(2)12-9-19-13(8-17-12)14(16)15(18-19)11-6-4-3-5-7-11/h3-8,10,12H,9H2,1-2H3/t12-/m0/s1. The van der Waals surface area contributed by atoms with Gasteiger partial charge in [0.1, 0.15) is 5.69 Å². The summed E-state index contributed by atoms with van der Waals surface area (Å²) in [6, 6.07) is 10.3. The van der Waals surface area contributed by atoms with Gasteiger partial charge < -0.3 is 0 Å². The van der Waals surface area contributed by atoms with Gasteiger partial charge in [-0.15, -0.1) is 0 Å². The number of hydrogen-bond donors (Lipinski definition) is 0. The van der Waals surface area contributed by atoms with Gasteiger partial charge in [-0.25, -0.2) is 0 Å². The van der Waals surface area contributed by atoms with Crippen molar-refractivity contribution >= 4 is 17.8 Å². The van der Waals surface area contributed by atoms with Crippen molar-refractivity contribution in [2.24, 2.45) is 10.9 Å². The molecule has 0 saturated heterocycles. The van der Waals surface area contributed by atoms with Gasteiger partial charge in [0.05, 0.1) is 23.3 Å². The van der Waals surface area contributed by atoms with Crippen LogP contribution in [0.4, 0.5) is 0 Å². The maximum atomic E-state index is 6.43. The Morgan fingerprint density at radius 3 is 2.68 bits per heavy atom. The summed E-state index contributed by atoms with van der Waals surface area (Å²) in [5.74, 6) is 0.507. The Hall–Kier alpha value is -1.61. The third-order valence-electron chi connectivity index (χ3n) is 3.50. The SMILES string of the molecule is CC(C)[C@@H]1Cn2nc(-c3ccccc3)c(Cl)c2C=N1. The average molecular weight is 274 g/mol. The molecule has 0 saturated carbocycles. The van der Waals surface area contributed by atoms with Gasteiger partial charge >= 0.3 is 0 Å². The van der Waals surface area contributed by atoms with E-state index in [4.69, 9.17) is 11.6 Å². The Morgan fingerprint density at radius 2 is 2.00 bits per heavy atom. The van der Waals surface area contributed by atoms with Crippen molar-refractivity contribution in [2.75, 3.05) is 0 Å². The quantitative estimate of drug-likeness (QED) is 0.821. The van der Waals surface area contributed by atoms with Crippen LogP contribution in [0.15, 0.2) is 35.3 Å². The fourth-order valence-corrected chi connectivity index (χ4v) is 2.56. The summed E-state index contributed by atoms with van der Waals surface area (Å²) >= 11 is 6.43. The summed E-state index contributed by atoms with van der Waals surface area (Å²) in [6.07, 6.45) is 1.86. The van der Waals surface area contributed by atoms with Crippen LogP contribution in [0.2, 0.25) is 5.02 Å². The molecule has 2 heterocycles. The van der Waals surface area contributed by atoms with Crippen LogP contribution in [0, 0.1) is 5.92 Å². The molecule has 0 N–H and O–H groups in total. The summed E-state index contributed by atoms with van der Waals surface area (Å²) < 4.78 is 1.97. The van der Waals surface area contributed by atoms with E-state index < -0.39 is 0 Å². The van der Waals surface area contributed by atoms with E-state index in [1.807, 2.05) is 41.2 Å². The van der Waals surface area contributed by atoms with Crippen molar-refractivity contribution in [1.82, 2.24) is 9.78 Å². The Morgan fingerprint density at radius 1 is 1.26 bits per heavy atom. The molecule has 0 amide bonds. The Balaban J connectivity index is 2.02. The van der Waals surface area contributed by atoms with Crippen LogP contribution in [0.1, 0.15) is 19.5 Å². The van der Waals surface area contributed by atoms with E-state index in [2.05, 4.69) is 23.9 Å². The third kappa shape index (κ3) is 2.19. The van der Waals surface area contributed by atoms with Gasteiger partial charge in [-0.3, -0.25) is 9.67 Å². The van der Waals surface area contributed by atoms with Gasteiger partial charge in [0.25, 0.3) is 0 Å². The number of aromatic nitrogens is 2. The number of fused-ring (bicyclic) bond motifs is 1. The number of halogens is 1. The molecule has 0 radical (unpaired) electrons. The number of benzene rings is 1. The molecule has 1 atom stereocenters. The zero-order valence-corrected chi connectivity index (χ0v) is 11.8. The van der Waals surface area contributed by atoms with Crippen molar-refractivity contribution < 1.29 is 0 Å². The summed E-state index contributed by atoms with van der Waals surface area (Å²) in [6.45, 7) is 5.16. The maximum absolute atomic E-state index is 6.43. The molecule has 0 bridgehead atoms. The second kappa shape index (κ2) is 4.82. The van der Waals surface area contributed by atoms with E-state index in [-0.39, 0.29) is 6.04 Å². The first-order valence-corrected chi connectivity index (χ1v) is 6.89. The Bertz CT molecular complexity index is 614. The number of aliphatic imine (C=N–C) groups is 1. The fraction of sp³-hybridized carbons (Fsp3) is 0.333. The molecule has 98 valence electrons. The van der Waals surface area contributed by atoms with Gasteiger partial charge in [-0.1, -0.05) is 55.8 Å². The molecule has 0 unspecified atom stereocenters. The molecular weight excluding hydrogens is 258 g/mol. The molecule has 19 heavy (non-hydrogen) atoms. The monoisotopic (exact) mass is 273 g/mol. The molecule has 3 rings (SSSR count). The fourth-order valence-electron chi connectivity index (χ4n) is 2.27. The Labute approximate surface area is 117 Å². The lowest BCUT2D eigenvalue weighted by atomic mass is 10.0. The van der Waals surface area contributed by atoms with E-state index in [9.17, 15) is 0 Å². The van der Waals surface area contributed by atoms with Gasteiger partial charge in [-0.05, 0) is 5.92 Å². The van der Waals surface area contributed by atoms with Gasteiger partial charge in [-0.2, -0.15) is 5.10 Å². The predicted octanol–water partition coefficient (Wildman–Crippen LogP) is 3.66. The zero-order chi connectivity index (χ0) is 13.4. The molecule has 2 aromatic rings. The van der Waals surface area contributed by atoms with E-state index in [0.29, 0.717) is 10.9 Å². The normalized spacial score (nSPS) is 17.8. The van der Waals surface area contributed by atoms with Crippen molar-refractivity contribution in [2.45, 2.75) is 26.4 Å². The summed E-state index contributed by atoms with van der Waals surface area (Å²) in [4.78, 5) is 4.57. The highest BCUT2D eigenvalue weighted by Gasteiger charge is 2.23. The van der Waals surface area contributed by atoms with Crippen LogP contribution in [0.3, 0.4) is 0 Å². The first-order valence-electron chi connectivity index (χ1n) is 6.51. The predicted molar refractivity (Wildman–Crippen MR) is 78.9 cm³/mol. The molecule has 3 nitrogen and oxygen atoms in total. The molecule has 1 aliphatic heterocycles. The zero-order valence-electron chi connectivity index (χ0n) is 11.0. The van der Waals surface area contributed by atoms with Crippen molar-refractivity contribution in [3.8, 4) is 11.3 Å². The van der Waals surface area contributed by atoms with Gasteiger partial charge in [0, 0.05) is 11.8 Å². The highest BCUT2D eigenvalue weighted by molar-refractivity contribution is 6.35. The van der Waals surface area contributed by atoms with E-state index in [1.165, 1.54) is 0 Å². The number of nitrogens with zero attached hydrogens (tertiary/aromatic N) is 3. The molecule has 4 heteroatoms. The molecule has 1 aromatic carbocycles. The largest absolute Gasteiger partial charge is 0.285 e. The minimum Gasteiger partial charge on any atom is -0.285 e. The molecule has 0 aliphatic carbocycles. The minimum atomic E-state index is 0.284. The van der Waals surface area contributed by atoms with Gasteiger partial charge in [0.2, 0.25) is 0 Å². The minimum absolute atomic E-state index is 0.284. The highest BCUT2D eigenvalue weighted by Crippen LogP contribution is 2.31. The second-order valence-electron chi connectivity index (χ2n) is 5.19. The highest BCUT2D eigenvalue weighted by atomic mass is 35.5. The molecular formula is C15H16ClN3. The summed E-state index contributed by atoms with van der Waals surface area (Å²) in [5.41, 5.74) is 2.80. The van der Waals surface area contributed by atoms with E-state index in [0.717, 1.165) is 23.5 Å². The summed E-state index contributed by atoms with van der Waals surface area (Å²) in [7, 11) is 0. The lowest BCUT2D eigenvalue weighted by molar-refractivity contribution is 0.407. The second-order valence-corrected chi connectivity index (χ2v) is 5.56. The lowest BCUT2D eigenvalue weighted by Gasteiger charge is -2.20. The average Bonchev–Trinajstić information content (AvgIpc) is 2.76. The summed E-state index contributed by atoms with van der Waals surface area (Å²) in [5, 5.41) is 5.34. The van der Waals surface area contributed by atoms with Crippen molar-refractivity contribution in [3.63, 3.8) is 0 Å². The molecule has 0 spiro atoms. The third-order valence-corrected chi connectivity index (χ3v) is 3.87. The number of rotatable bonds is 2. The first-order chi connectivity index (χ1) is 9.16. The van der Waals surface area contributed by atoms with Crippen molar-refractivity contribution in [1.29, 1.82) is 0 Å². The van der Waals surface area contributed by atoms with Gasteiger partial charge in [0.15, 0.2) is 0 Å². The molecule has 1 aliphatic rings. The van der Waals surface area contributed by atoms with Crippen LogP contribution >= 0.6 is 11.6 Å². The topological polar surface area (TPSA) is 30.2 Å². The molecule has 1 aromatic heterocycles. The van der Waals surface area contributed by atoms with E-state index in [1.54, 1.807) is 0 Å². The van der Waals surface area contributed by atoms with Crippen LogP contribution in [-0.4, -0.2) is 22.0 Å². The van der Waals surface area contributed by atoms with Crippen LogP contribution < -0.4 is 0 Å².